The molecular formula is C11H16N2O. The zero-order valence-corrected chi connectivity index (χ0v) is 8.44. The first-order valence-electron chi connectivity index (χ1n) is 5.16. The Labute approximate surface area is 84.5 Å². The molecule has 1 amide bonds. The van der Waals surface area contributed by atoms with Gasteiger partial charge in [-0.3, -0.25) is 4.79 Å². The fourth-order valence-electron chi connectivity index (χ4n) is 2.16. The van der Waals surface area contributed by atoms with Crippen LogP contribution in [0.15, 0.2) is 24.4 Å². The number of amides is 1. The van der Waals surface area contributed by atoms with Gasteiger partial charge in [-0.15, -0.1) is 0 Å². The average molecular weight is 192 g/mol. The Morgan fingerprint density at radius 2 is 2.36 bits per heavy atom. The first kappa shape index (κ1) is 9.46. The number of carbonyl (C=O) groups excluding carboxylic acids is 1. The van der Waals surface area contributed by atoms with E-state index < -0.39 is 0 Å². The van der Waals surface area contributed by atoms with E-state index in [1.807, 2.05) is 23.3 Å². The van der Waals surface area contributed by atoms with Gasteiger partial charge in [0.1, 0.15) is 0 Å². The molecule has 0 aromatic heterocycles. The Morgan fingerprint density at radius 1 is 1.50 bits per heavy atom. The second kappa shape index (κ2) is 3.96. The van der Waals surface area contributed by atoms with Crippen LogP contribution < -0.4 is 5.32 Å². The molecule has 1 fully saturated rings. The van der Waals surface area contributed by atoms with Crippen molar-refractivity contribution in [1.29, 1.82) is 0 Å². The zero-order valence-electron chi connectivity index (χ0n) is 8.44. The number of hydrogen-bond donors (Lipinski definition) is 1. The van der Waals surface area contributed by atoms with Crippen LogP contribution in [0, 0.1) is 0 Å². The van der Waals surface area contributed by atoms with Crippen LogP contribution >= 0.6 is 0 Å². The average Bonchev–Trinajstić information content (AvgIpc) is 2.70. The predicted octanol–water partition coefficient (Wildman–Crippen LogP) is 1.04. The molecule has 0 aliphatic carbocycles. The lowest BCUT2D eigenvalue weighted by Crippen LogP contribution is -2.46. The molecule has 1 N–H and O–H groups in total. The Bertz CT molecular complexity index is 277. The van der Waals surface area contributed by atoms with E-state index in [-0.39, 0.29) is 11.9 Å². The molecule has 3 nitrogen and oxygen atoms in total. The third kappa shape index (κ3) is 1.73. The topological polar surface area (TPSA) is 32.3 Å². The summed E-state index contributed by atoms with van der Waals surface area (Å²) < 4.78 is 0. The van der Waals surface area contributed by atoms with E-state index in [0.717, 1.165) is 13.0 Å². The van der Waals surface area contributed by atoms with Gasteiger partial charge in [0.2, 0.25) is 5.91 Å². The van der Waals surface area contributed by atoms with E-state index in [4.69, 9.17) is 0 Å². The zero-order chi connectivity index (χ0) is 9.97. The van der Waals surface area contributed by atoms with Gasteiger partial charge < -0.3 is 10.2 Å². The van der Waals surface area contributed by atoms with Crippen LogP contribution in [-0.2, 0) is 4.79 Å². The van der Waals surface area contributed by atoms with Crippen LogP contribution in [0.1, 0.15) is 19.8 Å². The maximum Gasteiger partial charge on any atom is 0.223 e. The van der Waals surface area contributed by atoms with Gasteiger partial charge in [0, 0.05) is 19.2 Å². The fraction of sp³-hybridized carbons (Fsp3) is 0.545. The van der Waals surface area contributed by atoms with Gasteiger partial charge in [-0.1, -0.05) is 12.2 Å². The number of allylic oxidation sites excluding steroid dienone is 2. The first-order chi connectivity index (χ1) is 6.79. The molecule has 2 aliphatic rings. The first-order valence-corrected chi connectivity index (χ1v) is 5.16. The molecule has 2 atom stereocenters. The molecule has 0 saturated carbocycles. The lowest BCUT2D eigenvalue weighted by Gasteiger charge is -2.32. The van der Waals surface area contributed by atoms with E-state index in [1.54, 1.807) is 6.92 Å². The maximum atomic E-state index is 11.4. The van der Waals surface area contributed by atoms with Crippen molar-refractivity contribution in [3.05, 3.63) is 24.4 Å². The number of carbonyl (C=O) groups is 1. The van der Waals surface area contributed by atoms with Gasteiger partial charge in [0.25, 0.3) is 0 Å². The third-order valence-electron chi connectivity index (χ3n) is 2.86. The van der Waals surface area contributed by atoms with E-state index in [1.165, 1.54) is 6.42 Å². The van der Waals surface area contributed by atoms with Crippen molar-refractivity contribution in [3.63, 3.8) is 0 Å². The van der Waals surface area contributed by atoms with Crippen molar-refractivity contribution >= 4 is 5.91 Å². The van der Waals surface area contributed by atoms with Crippen molar-refractivity contribution in [2.45, 2.75) is 31.8 Å². The van der Waals surface area contributed by atoms with Crippen LogP contribution in [0.25, 0.3) is 0 Å². The fourth-order valence-corrected chi connectivity index (χ4v) is 2.16. The van der Waals surface area contributed by atoms with Crippen molar-refractivity contribution in [2.24, 2.45) is 0 Å². The highest BCUT2D eigenvalue weighted by molar-refractivity contribution is 5.75. The van der Waals surface area contributed by atoms with E-state index in [2.05, 4.69) is 11.4 Å². The summed E-state index contributed by atoms with van der Waals surface area (Å²) in [4.78, 5) is 13.2. The standard InChI is InChI=1S/C11H16N2O/c1-9(14)13-8-3-2-6-11(13)10-5-4-7-12-10/h2-3,6,8,10-12H,4-5,7H2,1H3. The number of nitrogens with zero attached hydrogens (tertiary/aromatic N) is 1. The molecule has 0 aromatic carbocycles. The van der Waals surface area contributed by atoms with Gasteiger partial charge in [-0.2, -0.15) is 0 Å². The summed E-state index contributed by atoms with van der Waals surface area (Å²) in [6, 6.07) is 0.639. The monoisotopic (exact) mass is 192 g/mol. The van der Waals surface area contributed by atoms with Crippen LogP contribution in [-0.4, -0.2) is 29.4 Å². The van der Waals surface area contributed by atoms with Gasteiger partial charge in [-0.05, 0) is 25.5 Å². The van der Waals surface area contributed by atoms with Crippen molar-refractivity contribution in [1.82, 2.24) is 10.2 Å². The highest BCUT2D eigenvalue weighted by atomic mass is 16.2. The molecule has 2 rings (SSSR count). The summed E-state index contributed by atoms with van der Waals surface area (Å²) >= 11 is 0. The third-order valence-corrected chi connectivity index (χ3v) is 2.86. The highest BCUT2D eigenvalue weighted by Gasteiger charge is 2.28. The van der Waals surface area contributed by atoms with Gasteiger partial charge in [0.05, 0.1) is 6.04 Å². The molecule has 0 spiro atoms. The Hall–Kier alpha value is -1.09. The second-order valence-electron chi connectivity index (χ2n) is 3.85. The number of rotatable bonds is 1. The van der Waals surface area contributed by atoms with Crippen LogP contribution in [0.2, 0.25) is 0 Å². The van der Waals surface area contributed by atoms with Gasteiger partial charge >= 0.3 is 0 Å². The predicted molar refractivity (Wildman–Crippen MR) is 55.6 cm³/mol. The summed E-state index contributed by atoms with van der Waals surface area (Å²) in [5, 5.41) is 3.43. The van der Waals surface area contributed by atoms with E-state index in [0.29, 0.717) is 6.04 Å². The molecule has 0 aromatic rings. The van der Waals surface area contributed by atoms with Crippen LogP contribution in [0.3, 0.4) is 0 Å². The lowest BCUT2D eigenvalue weighted by molar-refractivity contribution is -0.127. The van der Waals surface area contributed by atoms with Crippen LogP contribution in [0.5, 0.6) is 0 Å². The Kier molecular flexibility index (Phi) is 2.68. The molecule has 1 saturated heterocycles. The molecule has 2 heterocycles. The lowest BCUT2D eigenvalue weighted by atomic mass is 10.0. The molecular weight excluding hydrogens is 176 g/mol. The largest absolute Gasteiger partial charge is 0.312 e. The molecule has 2 unspecified atom stereocenters. The molecule has 0 radical (unpaired) electrons. The normalized spacial score (nSPS) is 31.1. The molecule has 76 valence electrons. The summed E-state index contributed by atoms with van der Waals surface area (Å²) in [6.07, 6.45) is 10.3. The Balaban J connectivity index is 2.11. The van der Waals surface area contributed by atoms with Crippen molar-refractivity contribution < 1.29 is 4.79 Å². The second-order valence-corrected chi connectivity index (χ2v) is 3.85. The smallest absolute Gasteiger partial charge is 0.223 e. The van der Waals surface area contributed by atoms with Crippen molar-refractivity contribution in [3.8, 4) is 0 Å². The summed E-state index contributed by atoms with van der Waals surface area (Å²) in [5.74, 6) is 0.115. The van der Waals surface area contributed by atoms with E-state index >= 15 is 0 Å². The molecule has 2 aliphatic heterocycles. The minimum absolute atomic E-state index is 0.115. The maximum absolute atomic E-state index is 11.4. The SMILES string of the molecule is CC(=O)N1C=CC=CC1C1CCCN1. The summed E-state index contributed by atoms with van der Waals surface area (Å²) in [5.41, 5.74) is 0. The molecule has 0 bridgehead atoms. The number of nitrogens with one attached hydrogen (secondary N) is 1. The van der Waals surface area contributed by atoms with Gasteiger partial charge in [0.15, 0.2) is 0 Å². The van der Waals surface area contributed by atoms with Gasteiger partial charge in [-0.25, -0.2) is 0 Å². The quantitative estimate of drug-likeness (QED) is 0.673. The van der Waals surface area contributed by atoms with E-state index in [9.17, 15) is 4.79 Å². The summed E-state index contributed by atoms with van der Waals surface area (Å²) in [6.45, 7) is 2.69. The van der Waals surface area contributed by atoms with Crippen LogP contribution in [0.4, 0.5) is 0 Å². The number of hydrogen-bond acceptors (Lipinski definition) is 2. The summed E-state index contributed by atoms with van der Waals surface area (Å²) in [7, 11) is 0. The minimum atomic E-state index is 0.115. The molecule has 3 heteroatoms. The highest BCUT2D eigenvalue weighted by Crippen LogP contribution is 2.18. The van der Waals surface area contributed by atoms with Crippen molar-refractivity contribution in [2.75, 3.05) is 6.54 Å². The Morgan fingerprint density at radius 3 is 3.00 bits per heavy atom. The molecule has 14 heavy (non-hydrogen) atoms. The minimum Gasteiger partial charge on any atom is -0.312 e.